The van der Waals surface area contributed by atoms with Crippen molar-refractivity contribution in [3.63, 3.8) is 0 Å². The third-order valence-corrected chi connectivity index (χ3v) is 4.21. The highest BCUT2D eigenvalue weighted by molar-refractivity contribution is 6.35. The van der Waals surface area contributed by atoms with E-state index in [-0.39, 0.29) is 0 Å². The van der Waals surface area contributed by atoms with E-state index in [2.05, 4.69) is 20.3 Å². The summed E-state index contributed by atoms with van der Waals surface area (Å²) in [6.07, 6.45) is 1.63. The van der Waals surface area contributed by atoms with Crippen molar-refractivity contribution in [2.45, 2.75) is 6.54 Å². The lowest BCUT2D eigenvalue weighted by atomic mass is 10.1. The van der Waals surface area contributed by atoms with Crippen LogP contribution >= 0.6 is 11.6 Å². The van der Waals surface area contributed by atoms with Gasteiger partial charge in [0.1, 0.15) is 5.65 Å². The van der Waals surface area contributed by atoms with Crippen LogP contribution in [0.4, 0.5) is 10.1 Å². The molecule has 0 saturated carbocycles. The van der Waals surface area contributed by atoms with Crippen LogP contribution in [-0.4, -0.2) is 15.0 Å². The smallest absolute Gasteiger partial charge is 0.213 e. The summed E-state index contributed by atoms with van der Waals surface area (Å²) in [6.45, 7) is 0.425. The number of aromatic nitrogens is 3. The Morgan fingerprint density at radius 1 is 1.08 bits per heavy atom. The minimum atomic E-state index is -0.528. The second kappa shape index (κ2) is 6.53. The van der Waals surface area contributed by atoms with Gasteiger partial charge in [-0.15, -0.1) is 0 Å². The van der Waals surface area contributed by atoms with E-state index in [1.54, 1.807) is 12.3 Å². The molecule has 0 saturated heterocycles. The number of hydrogen-bond donors (Lipinski definition) is 2. The lowest BCUT2D eigenvalue weighted by Gasteiger charge is -2.07. The Bertz CT molecular complexity index is 1030. The van der Waals surface area contributed by atoms with Crippen LogP contribution in [-0.2, 0) is 6.54 Å². The average molecular weight is 353 g/mol. The van der Waals surface area contributed by atoms with Crippen LogP contribution in [0.25, 0.3) is 22.3 Å². The molecule has 0 unspecified atom stereocenters. The van der Waals surface area contributed by atoms with Gasteiger partial charge in [0.05, 0.1) is 17.3 Å². The van der Waals surface area contributed by atoms with Crippen LogP contribution < -0.4 is 5.32 Å². The minimum Gasteiger partial charge on any atom is -0.379 e. The number of rotatable bonds is 4. The number of nitrogens with zero attached hydrogens (tertiary/aromatic N) is 2. The normalized spacial score (nSPS) is 11.0. The Kier molecular flexibility index (Phi) is 4.07. The van der Waals surface area contributed by atoms with Crippen LogP contribution in [0.1, 0.15) is 5.69 Å². The average Bonchev–Trinajstić information content (AvgIpc) is 3.06. The molecule has 0 radical (unpaired) electrons. The second-order valence-electron chi connectivity index (χ2n) is 5.63. The van der Waals surface area contributed by atoms with Gasteiger partial charge in [0, 0.05) is 34.6 Å². The van der Waals surface area contributed by atoms with Gasteiger partial charge in [0.2, 0.25) is 5.95 Å². The number of aromatic amines is 1. The van der Waals surface area contributed by atoms with Crippen molar-refractivity contribution in [1.82, 2.24) is 15.0 Å². The van der Waals surface area contributed by atoms with Crippen LogP contribution in [0, 0.1) is 5.95 Å². The van der Waals surface area contributed by atoms with Crippen molar-refractivity contribution >= 4 is 28.3 Å². The van der Waals surface area contributed by atoms with Gasteiger partial charge in [0.25, 0.3) is 0 Å². The molecule has 4 nitrogen and oxygen atoms in total. The zero-order valence-electron chi connectivity index (χ0n) is 13.1. The SMILES string of the molecule is Fc1cc(-c2cc3c(Cl)ccnc3[nH]2)cc(CNc2ccccc2)n1. The van der Waals surface area contributed by atoms with Crippen molar-refractivity contribution in [3.8, 4) is 11.3 Å². The topological polar surface area (TPSA) is 53.6 Å². The number of fused-ring (bicyclic) bond motifs is 1. The Morgan fingerprint density at radius 2 is 1.92 bits per heavy atom. The molecule has 6 heteroatoms. The molecule has 124 valence electrons. The van der Waals surface area contributed by atoms with Crippen molar-refractivity contribution < 1.29 is 4.39 Å². The van der Waals surface area contributed by atoms with E-state index in [1.807, 2.05) is 42.5 Å². The molecule has 2 N–H and O–H groups in total. The largest absolute Gasteiger partial charge is 0.379 e. The summed E-state index contributed by atoms with van der Waals surface area (Å²) in [4.78, 5) is 11.4. The van der Waals surface area contributed by atoms with E-state index >= 15 is 0 Å². The van der Waals surface area contributed by atoms with Gasteiger partial charge in [-0.05, 0) is 30.3 Å². The van der Waals surface area contributed by atoms with Crippen LogP contribution in [0.5, 0.6) is 0 Å². The molecular weight excluding hydrogens is 339 g/mol. The lowest BCUT2D eigenvalue weighted by molar-refractivity contribution is 0.578. The van der Waals surface area contributed by atoms with Gasteiger partial charge in [-0.3, -0.25) is 0 Å². The van der Waals surface area contributed by atoms with Crippen LogP contribution in [0.2, 0.25) is 5.02 Å². The Balaban J connectivity index is 1.65. The number of para-hydroxylation sites is 1. The fourth-order valence-corrected chi connectivity index (χ4v) is 2.90. The molecular formula is C19H14ClFN4. The molecule has 0 aliphatic heterocycles. The first kappa shape index (κ1) is 15.6. The summed E-state index contributed by atoms with van der Waals surface area (Å²) in [5.74, 6) is -0.528. The van der Waals surface area contributed by atoms with Crippen molar-refractivity contribution in [2.24, 2.45) is 0 Å². The quantitative estimate of drug-likeness (QED) is 0.506. The van der Waals surface area contributed by atoms with Crippen LogP contribution in [0.3, 0.4) is 0 Å². The Labute approximate surface area is 148 Å². The zero-order chi connectivity index (χ0) is 17.2. The zero-order valence-corrected chi connectivity index (χ0v) is 13.9. The highest BCUT2D eigenvalue weighted by Gasteiger charge is 2.10. The molecule has 0 fully saturated rings. The number of H-pyrrole nitrogens is 1. The first-order valence-electron chi connectivity index (χ1n) is 7.78. The number of nitrogens with one attached hydrogen (secondary N) is 2. The number of anilines is 1. The van der Waals surface area contributed by atoms with Gasteiger partial charge < -0.3 is 10.3 Å². The maximum absolute atomic E-state index is 14.0. The predicted molar refractivity (Wildman–Crippen MR) is 98.1 cm³/mol. The summed E-state index contributed by atoms with van der Waals surface area (Å²) in [6, 6.07) is 16.6. The van der Waals surface area contributed by atoms with Crippen molar-refractivity contribution in [2.75, 3.05) is 5.32 Å². The third-order valence-electron chi connectivity index (χ3n) is 3.88. The van der Waals surface area contributed by atoms with Gasteiger partial charge in [-0.1, -0.05) is 29.8 Å². The van der Waals surface area contributed by atoms with E-state index in [4.69, 9.17) is 11.6 Å². The maximum Gasteiger partial charge on any atom is 0.213 e. The first-order valence-corrected chi connectivity index (χ1v) is 8.16. The lowest BCUT2D eigenvalue weighted by Crippen LogP contribution is -2.03. The molecule has 0 aliphatic carbocycles. The van der Waals surface area contributed by atoms with E-state index < -0.39 is 5.95 Å². The number of halogens is 2. The summed E-state index contributed by atoms with van der Waals surface area (Å²) in [5, 5.41) is 4.64. The van der Waals surface area contributed by atoms with E-state index in [0.717, 1.165) is 16.8 Å². The Morgan fingerprint density at radius 3 is 2.72 bits per heavy atom. The number of pyridine rings is 2. The highest BCUT2D eigenvalue weighted by Crippen LogP contribution is 2.28. The van der Waals surface area contributed by atoms with Gasteiger partial charge in [-0.25, -0.2) is 9.97 Å². The monoisotopic (exact) mass is 352 g/mol. The Hall–Kier alpha value is -2.92. The summed E-state index contributed by atoms with van der Waals surface area (Å²) < 4.78 is 14.0. The second-order valence-corrected chi connectivity index (χ2v) is 6.03. The van der Waals surface area contributed by atoms with Crippen molar-refractivity contribution in [1.29, 1.82) is 0 Å². The number of benzene rings is 1. The summed E-state index contributed by atoms with van der Waals surface area (Å²) in [5.41, 5.74) is 3.68. The molecule has 3 aromatic heterocycles. The van der Waals surface area contributed by atoms with E-state index in [9.17, 15) is 4.39 Å². The maximum atomic E-state index is 14.0. The van der Waals surface area contributed by atoms with Crippen LogP contribution in [0.15, 0.2) is 60.8 Å². The minimum absolute atomic E-state index is 0.425. The molecule has 0 bridgehead atoms. The molecule has 4 aromatic rings. The molecule has 1 aromatic carbocycles. The molecule has 0 aliphatic rings. The predicted octanol–water partition coefficient (Wildman–Crippen LogP) is 5.03. The van der Waals surface area contributed by atoms with E-state index in [0.29, 0.717) is 28.5 Å². The summed E-state index contributed by atoms with van der Waals surface area (Å²) >= 11 is 6.18. The van der Waals surface area contributed by atoms with Gasteiger partial charge in [0.15, 0.2) is 0 Å². The molecule has 0 atom stereocenters. The third kappa shape index (κ3) is 3.32. The highest BCUT2D eigenvalue weighted by atomic mass is 35.5. The fourth-order valence-electron chi connectivity index (χ4n) is 2.70. The molecule has 3 heterocycles. The fraction of sp³-hybridized carbons (Fsp3) is 0.0526. The first-order chi connectivity index (χ1) is 12.2. The van der Waals surface area contributed by atoms with Gasteiger partial charge >= 0.3 is 0 Å². The molecule has 0 spiro atoms. The van der Waals surface area contributed by atoms with Crippen molar-refractivity contribution in [3.05, 3.63) is 77.5 Å². The van der Waals surface area contributed by atoms with E-state index in [1.165, 1.54) is 6.07 Å². The standard InChI is InChI=1S/C19H14ClFN4/c20-16-6-7-22-19-15(16)10-17(25-19)12-8-14(24-18(21)9-12)11-23-13-4-2-1-3-5-13/h1-10,23H,11H2,(H,22,25). The molecule has 4 rings (SSSR count). The number of hydrogen-bond acceptors (Lipinski definition) is 3. The molecule has 25 heavy (non-hydrogen) atoms. The summed E-state index contributed by atoms with van der Waals surface area (Å²) in [7, 11) is 0. The van der Waals surface area contributed by atoms with Gasteiger partial charge in [-0.2, -0.15) is 4.39 Å². The molecule has 0 amide bonds.